The van der Waals surface area contributed by atoms with E-state index in [0.29, 0.717) is 12.5 Å². The highest BCUT2D eigenvalue weighted by Gasteiger charge is 2.21. The highest BCUT2D eigenvalue weighted by atomic mass is 16.3. The van der Waals surface area contributed by atoms with Gasteiger partial charge in [0.25, 0.3) is 0 Å². The van der Waals surface area contributed by atoms with Gasteiger partial charge in [-0.25, -0.2) is 4.98 Å². The lowest BCUT2D eigenvalue weighted by Crippen LogP contribution is -2.35. The highest BCUT2D eigenvalue weighted by molar-refractivity contribution is 5.80. The number of fused-ring (bicyclic) bond motifs is 1. The summed E-state index contributed by atoms with van der Waals surface area (Å²) in [5, 5.41) is 14.6. The summed E-state index contributed by atoms with van der Waals surface area (Å²) in [6.07, 6.45) is 0.771. The van der Waals surface area contributed by atoms with E-state index < -0.39 is 5.60 Å². The minimum atomic E-state index is -0.707. The molecule has 0 saturated heterocycles. The van der Waals surface area contributed by atoms with Gasteiger partial charge in [0.05, 0.1) is 11.1 Å². The quantitative estimate of drug-likeness (QED) is 0.863. The molecular weight excluding hydrogens is 236 g/mol. The Morgan fingerprint density at radius 2 is 1.95 bits per heavy atom. The summed E-state index contributed by atoms with van der Waals surface area (Å²) in [5.74, 6) is 1.28. The maximum Gasteiger partial charge on any atom is 0.126 e. The minimum absolute atomic E-state index is 0.473. The zero-order chi connectivity index (χ0) is 13.9. The third kappa shape index (κ3) is 3.93. The van der Waals surface area contributed by atoms with E-state index in [1.165, 1.54) is 0 Å². The monoisotopic (exact) mass is 258 g/mol. The number of hydrogen-bond acceptors (Lipinski definition) is 3. The van der Waals surface area contributed by atoms with Gasteiger partial charge in [0.1, 0.15) is 5.82 Å². The van der Waals surface area contributed by atoms with Crippen LogP contribution in [0.1, 0.15) is 27.2 Å². The van der Waals surface area contributed by atoms with Gasteiger partial charge in [-0.3, -0.25) is 0 Å². The van der Waals surface area contributed by atoms with Gasteiger partial charge in [-0.2, -0.15) is 0 Å². The SMILES string of the molecule is CC(C)CC(C)(O)CNc1ccc2ccccc2n1. The van der Waals surface area contributed by atoms with Gasteiger partial charge < -0.3 is 10.4 Å². The van der Waals surface area contributed by atoms with Crippen LogP contribution in [0.15, 0.2) is 36.4 Å². The second-order valence-electron chi connectivity index (χ2n) is 5.84. The summed E-state index contributed by atoms with van der Waals surface area (Å²) in [7, 11) is 0. The average molecular weight is 258 g/mol. The molecule has 0 aliphatic rings. The van der Waals surface area contributed by atoms with Crippen molar-refractivity contribution in [1.82, 2.24) is 4.98 Å². The first-order valence-corrected chi connectivity index (χ1v) is 6.78. The largest absolute Gasteiger partial charge is 0.388 e. The standard InChI is InChI=1S/C16H22N2O/c1-12(2)10-16(3,19)11-17-15-9-8-13-6-4-5-7-14(13)18-15/h4-9,12,19H,10-11H2,1-3H3,(H,17,18). The minimum Gasteiger partial charge on any atom is -0.388 e. The molecule has 0 saturated carbocycles. The normalized spacial score (nSPS) is 14.6. The molecule has 3 nitrogen and oxygen atoms in total. The Kier molecular flexibility index (Phi) is 4.05. The number of aromatic nitrogens is 1. The molecule has 2 rings (SSSR count). The maximum absolute atomic E-state index is 10.3. The number of nitrogens with zero attached hydrogens (tertiary/aromatic N) is 1. The molecule has 1 aromatic heterocycles. The van der Waals surface area contributed by atoms with E-state index in [2.05, 4.69) is 24.1 Å². The van der Waals surface area contributed by atoms with Crippen LogP contribution in [0.5, 0.6) is 0 Å². The van der Waals surface area contributed by atoms with Gasteiger partial charge in [-0.05, 0) is 37.5 Å². The van der Waals surface area contributed by atoms with E-state index in [-0.39, 0.29) is 0 Å². The number of pyridine rings is 1. The van der Waals surface area contributed by atoms with Crippen LogP contribution in [-0.4, -0.2) is 22.2 Å². The van der Waals surface area contributed by atoms with Gasteiger partial charge in [0, 0.05) is 11.9 Å². The lowest BCUT2D eigenvalue weighted by Gasteiger charge is -2.25. The number of hydrogen-bond donors (Lipinski definition) is 2. The molecule has 1 atom stereocenters. The van der Waals surface area contributed by atoms with Crippen molar-refractivity contribution in [2.75, 3.05) is 11.9 Å². The van der Waals surface area contributed by atoms with Crippen molar-refractivity contribution >= 4 is 16.7 Å². The molecule has 0 radical (unpaired) electrons. The van der Waals surface area contributed by atoms with Gasteiger partial charge in [0.15, 0.2) is 0 Å². The van der Waals surface area contributed by atoms with Crippen molar-refractivity contribution in [3.63, 3.8) is 0 Å². The molecule has 3 heteroatoms. The lowest BCUT2D eigenvalue weighted by atomic mass is 9.94. The Morgan fingerprint density at radius 3 is 2.68 bits per heavy atom. The van der Waals surface area contributed by atoms with Crippen molar-refractivity contribution in [1.29, 1.82) is 0 Å². The molecule has 0 aliphatic carbocycles. The van der Waals surface area contributed by atoms with Crippen molar-refractivity contribution in [3.05, 3.63) is 36.4 Å². The van der Waals surface area contributed by atoms with E-state index in [4.69, 9.17) is 0 Å². The summed E-state index contributed by atoms with van der Waals surface area (Å²) in [6.45, 7) is 6.60. The lowest BCUT2D eigenvalue weighted by molar-refractivity contribution is 0.0515. The van der Waals surface area contributed by atoms with Crippen LogP contribution in [0.25, 0.3) is 10.9 Å². The molecule has 0 spiro atoms. The van der Waals surface area contributed by atoms with Gasteiger partial charge in [-0.1, -0.05) is 32.0 Å². The first-order chi connectivity index (χ1) is 8.96. The van der Waals surface area contributed by atoms with Crippen molar-refractivity contribution in [2.45, 2.75) is 32.8 Å². The fraction of sp³-hybridized carbons (Fsp3) is 0.438. The predicted molar refractivity (Wildman–Crippen MR) is 80.3 cm³/mol. The van der Waals surface area contributed by atoms with Crippen LogP contribution < -0.4 is 5.32 Å². The second kappa shape index (κ2) is 5.57. The van der Waals surface area contributed by atoms with E-state index in [1.807, 2.05) is 43.3 Å². The van der Waals surface area contributed by atoms with Crippen LogP contribution in [0.4, 0.5) is 5.82 Å². The van der Waals surface area contributed by atoms with Gasteiger partial charge in [0.2, 0.25) is 0 Å². The Labute approximate surface area is 114 Å². The Balaban J connectivity index is 2.05. The molecule has 2 aromatic rings. The molecule has 102 valence electrons. The topological polar surface area (TPSA) is 45.1 Å². The third-order valence-corrected chi connectivity index (χ3v) is 3.10. The fourth-order valence-electron chi connectivity index (χ4n) is 2.40. The molecule has 0 amide bonds. The maximum atomic E-state index is 10.3. The van der Waals surface area contributed by atoms with Crippen molar-refractivity contribution < 1.29 is 5.11 Å². The Hall–Kier alpha value is -1.61. The number of nitrogens with one attached hydrogen (secondary N) is 1. The third-order valence-electron chi connectivity index (χ3n) is 3.10. The molecule has 2 N–H and O–H groups in total. The average Bonchev–Trinajstić information content (AvgIpc) is 2.35. The zero-order valence-electron chi connectivity index (χ0n) is 11.9. The Morgan fingerprint density at radius 1 is 1.21 bits per heavy atom. The van der Waals surface area contributed by atoms with E-state index in [9.17, 15) is 5.11 Å². The molecule has 0 bridgehead atoms. The van der Waals surface area contributed by atoms with Crippen LogP contribution in [0.3, 0.4) is 0 Å². The van der Waals surface area contributed by atoms with Crippen molar-refractivity contribution in [3.8, 4) is 0 Å². The van der Waals surface area contributed by atoms with Crippen molar-refractivity contribution in [2.24, 2.45) is 5.92 Å². The number of anilines is 1. The molecule has 0 aliphatic heterocycles. The summed E-state index contributed by atoms with van der Waals surface area (Å²) >= 11 is 0. The Bertz CT molecular complexity index is 549. The van der Waals surface area contributed by atoms with Gasteiger partial charge >= 0.3 is 0 Å². The van der Waals surface area contributed by atoms with Crippen LogP contribution in [0.2, 0.25) is 0 Å². The molecule has 1 heterocycles. The predicted octanol–water partition coefficient (Wildman–Crippen LogP) is 3.44. The van der Waals surface area contributed by atoms with Crippen LogP contribution in [0, 0.1) is 5.92 Å². The first kappa shape index (κ1) is 13.8. The fourth-order valence-corrected chi connectivity index (χ4v) is 2.40. The smallest absolute Gasteiger partial charge is 0.126 e. The van der Waals surface area contributed by atoms with Crippen LogP contribution in [-0.2, 0) is 0 Å². The molecular formula is C16H22N2O. The van der Waals surface area contributed by atoms with E-state index >= 15 is 0 Å². The second-order valence-corrected chi connectivity index (χ2v) is 5.84. The zero-order valence-corrected chi connectivity index (χ0v) is 11.9. The number of rotatable bonds is 5. The molecule has 1 unspecified atom stereocenters. The molecule has 1 aromatic carbocycles. The number of aliphatic hydroxyl groups is 1. The van der Waals surface area contributed by atoms with Gasteiger partial charge in [-0.15, -0.1) is 0 Å². The summed E-state index contributed by atoms with van der Waals surface area (Å²) < 4.78 is 0. The van der Waals surface area contributed by atoms with Crippen LogP contribution >= 0.6 is 0 Å². The summed E-state index contributed by atoms with van der Waals surface area (Å²) in [5.41, 5.74) is 0.262. The van der Waals surface area contributed by atoms with E-state index in [1.54, 1.807) is 0 Å². The van der Waals surface area contributed by atoms with E-state index in [0.717, 1.165) is 23.1 Å². The summed E-state index contributed by atoms with van der Waals surface area (Å²) in [6, 6.07) is 12.0. The summed E-state index contributed by atoms with van der Waals surface area (Å²) in [4.78, 5) is 4.54. The molecule has 19 heavy (non-hydrogen) atoms. The highest BCUT2D eigenvalue weighted by Crippen LogP contribution is 2.18. The number of benzene rings is 1. The molecule has 0 fully saturated rings. The first-order valence-electron chi connectivity index (χ1n) is 6.78. The number of para-hydroxylation sites is 1.